The third-order valence-corrected chi connectivity index (χ3v) is 4.22. The van der Waals surface area contributed by atoms with Crippen LogP contribution in [0.4, 0.5) is 5.82 Å². The molecule has 1 N–H and O–H groups in total. The smallest absolute Gasteiger partial charge is 0.273 e. The number of amides is 1. The Bertz CT molecular complexity index is 707. The molecule has 1 amide bonds. The van der Waals surface area contributed by atoms with Gasteiger partial charge in [0.05, 0.1) is 18.5 Å². The molecule has 7 nitrogen and oxygen atoms in total. The minimum absolute atomic E-state index is 0.113. The van der Waals surface area contributed by atoms with Gasteiger partial charge in [-0.15, -0.1) is 0 Å². The minimum Gasteiger partial charge on any atom is -0.391 e. The van der Waals surface area contributed by atoms with Crippen molar-refractivity contribution < 1.29 is 9.90 Å². The highest BCUT2D eigenvalue weighted by Crippen LogP contribution is 2.25. The van der Waals surface area contributed by atoms with Crippen molar-refractivity contribution in [3.8, 4) is 0 Å². The van der Waals surface area contributed by atoms with Crippen LogP contribution >= 0.6 is 0 Å². The zero-order valence-corrected chi connectivity index (χ0v) is 13.8. The number of carbonyl (C=O) groups excluding carboxylic acids is 1. The number of nitrogens with zero attached hydrogens (tertiary/aromatic N) is 5. The standard InChI is InChI=1S/C17H21N5O2/c1-21(2)17(24)14-8-19-9-16(20-14)22-10-13(15(23)11-22)7-12-3-5-18-6-4-12/h3-6,8-9,13,15,23H,7,10-11H2,1-2H3/t13-,15+/m1/s1. The lowest BCUT2D eigenvalue weighted by molar-refractivity contribution is 0.0821. The topological polar surface area (TPSA) is 82.5 Å². The summed E-state index contributed by atoms with van der Waals surface area (Å²) in [6, 6.07) is 3.93. The normalized spacial score (nSPS) is 20.2. The molecule has 1 aliphatic heterocycles. The van der Waals surface area contributed by atoms with Crippen LogP contribution in [0.1, 0.15) is 16.1 Å². The molecule has 0 radical (unpaired) electrons. The number of carbonyl (C=O) groups is 1. The first-order chi connectivity index (χ1) is 11.5. The number of aliphatic hydroxyl groups is 1. The fraction of sp³-hybridized carbons (Fsp3) is 0.412. The molecule has 0 spiro atoms. The molecule has 126 valence electrons. The van der Waals surface area contributed by atoms with Gasteiger partial charge in [-0.2, -0.15) is 0 Å². The summed E-state index contributed by atoms with van der Waals surface area (Å²) in [7, 11) is 3.36. The van der Waals surface area contributed by atoms with Crippen molar-refractivity contribution in [2.45, 2.75) is 12.5 Å². The number of anilines is 1. The van der Waals surface area contributed by atoms with Crippen LogP contribution in [-0.4, -0.2) is 64.2 Å². The average molecular weight is 327 g/mol. The summed E-state index contributed by atoms with van der Waals surface area (Å²) in [6.45, 7) is 1.17. The molecule has 2 atom stereocenters. The van der Waals surface area contributed by atoms with Crippen LogP contribution in [-0.2, 0) is 6.42 Å². The second kappa shape index (κ2) is 6.92. The molecule has 0 aliphatic carbocycles. The Morgan fingerprint density at radius 3 is 2.71 bits per heavy atom. The zero-order valence-electron chi connectivity index (χ0n) is 13.8. The molecule has 2 aromatic rings. The number of aliphatic hydroxyl groups excluding tert-OH is 1. The summed E-state index contributed by atoms with van der Waals surface area (Å²) in [5.41, 5.74) is 1.46. The Morgan fingerprint density at radius 2 is 2.00 bits per heavy atom. The van der Waals surface area contributed by atoms with E-state index in [4.69, 9.17) is 0 Å². The number of rotatable bonds is 4. The highest BCUT2D eigenvalue weighted by Gasteiger charge is 2.32. The highest BCUT2D eigenvalue weighted by atomic mass is 16.3. The van der Waals surface area contributed by atoms with Gasteiger partial charge in [-0.25, -0.2) is 4.98 Å². The van der Waals surface area contributed by atoms with Crippen molar-refractivity contribution in [1.82, 2.24) is 19.9 Å². The fourth-order valence-electron chi connectivity index (χ4n) is 2.90. The number of hydrogen-bond donors (Lipinski definition) is 1. The van der Waals surface area contributed by atoms with Crippen LogP contribution in [0.2, 0.25) is 0 Å². The van der Waals surface area contributed by atoms with Gasteiger partial charge in [0.2, 0.25) is 0 Å². The second-order valence-corrected chi connectivity index (χ2v) is 6.25. The third kappa shape index (κ3) is 3.51. The van der Waals surface area contributed by atoms with Gasteiger partial charge in [-0.1, -0.05) is 0 Å². The van der Waals surface area contributed by atoms with Crippen LogP contribution in [0, 0.1) is 5.92 Å². The van der Waals surface area contributed by atoms with E-state index in [1.807, 2.05) is 17.0 Å². The first kappa shape index (κ1) is 16.3. The summed E-state index contributed by atoms with van der Waals surface area (Å²) in [5, 5.41) is 10.4. The van der Waals surface area contributed by atoms with Crippen molar-refractivity contribution >= 4 is 11.7 Å². The Kier molecular flexibility index (Phi) is 4.71. The SMILES string of the molecule is CN(C)C(=O)c1cncc(N2C[C@@H](Cc3ccncc3)[C@@H](O)C2)n1. The van der Waals surface area contributed by atoms with E-state index in [-0.39, 0.29) is 11.8 Å². The van der Waals surface area contributed by atoms with E-state index in [9.17, 15) is 9.90 Å². The molecule has 0 unspecified atom stereocenters. The van der Waals surface area contributed by atoms with Crippen molar-refractivity contribution in [1.29, 1.82) is 0 Å². The molecule has 2 aromatic heterocycles. The maximum Gasteiger partial charge on any atom is 0.273 e. The fourth-order valence-corrected chi connectivity index (χ4v) is 2.90. The molecule has 3 heterocycles. The number of pyridine rings is 1. The monoisotopic (exact) mass is 327 g/mol. The van der Waals surface area contributed by atoms with Crippen LogP contribution in [0.15, 0.2) is 36.9 Å². The molecule has 0 aromatic carbocycles. The number of aromatic nitrogens is 3. The van der Waals surface area contributed by atoms with Gasteiger partial charge in [0, 0.05) is 45.5 Å². The maximum absolute atomic E-state index is 12.0. The molecule has 0 saturated carbocycles. The second-order valence-electron chi connectivity index (χ2n) is 6.25. The molecule has 3 rings (SSSR count). The van der Waals surface area contributed by atoms with Crippen molar-refractivity contribution in [3.63, 3.8) is 0 Å². The minimum atomic E-state index is -0.437. The van der Waals surface area contributed by atoms with Gasteiger partial charge >= 0.3 is 0 Å². The van der Waals surface area contributed by atoms with Crippen LogP contribution in [0.5, 0.6) is 0 Å². The van der Waals surface area contributed by atoms with Crippen LogP contribution in [0.3, 0.4) is 0 Å². The molecular formula is C17H21N5O2. The number of hydrogen-bond acceptors (Lipinski definition) is 6. The van der Waals surface area contributed by atoms with E-state index in [0.29, 0.717) is 24.6 Å². The summed E-state index contributed by atoms with van der Waals surface area (Å²) in [6.07, 6.45) is 6.96. The van der Waals surface area contributed by atoms with Crippen molar-refractivity contribution in [2.24, 2.45) is 5.92 Å². The summed E-state index contributed by atoms with van der Waals surface area (Å²) >= 11 is 0. The summed E-state index contributed by atoms with van der Waals surface area (Å²) in [5.74, 6) is 0.554. The highest BCUT2D eigenvalue weighted by molar-refractivity contribution is 5.91. The molecule has 1 aliphatic rings. The zero-order chi connectivity index (χ0) is 17.1. The Balaban J connectivity index is 1.72. The summed E-state index contributed by atoms with van der Waals surface area (Å²) in [4.78, 5) is 28.0. The molecule has 1 fully saturated rings. The molecular weight excluding hydrogens is 306 g/mol. The van der Waals surface area contributed by atoms with E-state index >= 15 is 0 Å². The summed E-state index contributed by atoms with van der Waals surface area (Å²) < 4.78 is 0. The number of β-amino-alcohol motifs (C(OH)–C–C–N with tert-alkyl or cyclic N) is 1. The van der Waals surface area contributed by atoms with Gasteiger partial charge < -0.3 is 14.9 Å². The molecule has 0 bridgehead atoms. The first-order valence-corrected chi connectivity index (χ1v) is 7.90. The van der Waals surface area contributed by atoms with Crippen molar-refractivity contribution in [2.75, 3.05) is 32.1 Å². The van der Waals surface area contributed by atoms with E-state index in [1.54, 1.807) is 32.7 Å². The largest absolute Gasteiger partial charge is 0.391 e. The van der Waals surface area contributed by atoms with Gasteiger partial charge in [0.15, 0.2) is 0 Å². The lowest BCUT2D eigenvalue weighted by atomic mass is 9.97. The predicted molar refractivity (Wildman–Crippen MR) is 89.7 cm³/mol. The van der Waals surface area contributed by atoms with E-state index in [0.717, 1.165) is 12.0 Å². The van der Waals surface area contributed by atoms with E-state index in [2.05, 4.69) is 15.0 Å². The van der Waals surface area contributed by atoms with E-state index in [1.165, 1.54) is 11.1 Å². The predicted octanol–water partition coefficient (Wildman–Crippen LogP) is 0.613. The lowest BCUT2D eigenvalue weighted by Gasteiger charge is -2.18. The van der Waals surface area contributed by atoms with Gasteiger partial charge in [0.25, 0.3) is 5.91 Å². The van der Waals surface area contributed by atoms with Gasteiger partial charge in [-0.3, -0.25) is 14.8 Å². The van der Waals surface area contributed by atoms with Gasteiger partial charge in [0.1, 0.15) is 11.5 Å². The maximum atomic E-state index is 12.0. The average Bonchev–Trinajstić information content (AvgIpc) is 2.96. The Hall–Kier alpha value is -2.54. The van der Waals surface area contributed by atoms with Crippen LogP contribution < -0.4 is 4.90 Å². The molecule has 7 heteroatoms. The first-order valence-electron chi connectivity index (χ1n) is 7.90. The quantitative estimate of drug-likeness (QED) is 0.886. The third-order valence-electron chi connectivity index (χ3n) is 4.22. The van der Waals surface area contributed by atoms with Crippen LogP contribution in [0.25, 0.3) is 0 Å². The van der Waals surface area contributed by atoms with E-state index < -0.39 is 6.10 Å². The van der Waals surface area contributed by atoms with Gasteiger partial charge in [-0.05, 0) is 24.1 Å². The molecule has 1 saturated heterocycles. The Labute approximate surface area is 141 Å². The molecule has 24 heavy (non-hydrogen) atoms. The Morgan fingerprint density at radius 1 is 1.25 bits per heavy atom. The lowest BCUT2D eigenvalue weighted by Crippen LogP contribution is -2.26. The van der Waals surface area contributed by atoms with Crippen molar-refractivity contribution in [3.05, 3.63) is 48.2 Å².